The molecule has 0 atom stereocenters. The minimum Gasteiger partial charge on any atom is -0.0843 e. The Labute approximate surface area is 203 Å². The van der Waals surface area contributed by atoms with Gasteiger partial charge in [-0.3, -0.25) is 0 Å². The van der Waals surface area contributed by atoms with Crippen LogP contribution in [0.1, 0.15) is 0 Å². The highest BCUT2D eigenvalue weighted by Gasteiger charge is 2.05. The maximum absolute atomic E-state index is 6.35. The van der Waals surface area contributed by atoms with Crippen molar-refractivity contribution < 1.29 is 0 Å². The van der Waals surface area contributed by atoms with E-state index in [1.807, 2.05) is 72.8 Å². The molecule has 3 aromatic carbocycles. The van der Waals surface area contributed by atoms with Gasteiger partial charge in [0, 0.05) is 29.8 Å². The quantitative estimate of drug-likeness (QED) is 0.237. The van der Waals surface area contributed by atoms with E-state index in [9.17, 15) is 0 Å². The molecule has 0 N–H and O–H groups in total. The van der Waals surface area contributed by atoms with E-state index in [4.69, 9.17) is 46.4 Å². The van der Waals surface area contributed by atoms with Gasteiger partial charge in [-0.2, -0.15) is 0 Å². The normalized spacial score (nSPS) is 10.2. The summed E-state index contributed by atoms with van der Waals surface area (Å²) < 4.78 is 1.38. The van der Waals surface area contributed by atoms with Gasteiger partial charge < -0.3 is 0 Å². The first-order valence-corrected chi connectivity index (χ1v) is 12.2. The van der Waals surface area contributed by atoms with E-state index >= 15 is 0 Å². The molecule has 0 aliphatic rings. The molecule has 0 nitrogen and oxygen atoms in total. The molecule has 0 heterocycles. The molecule has 0 amide bonds. The van der Waals surface area contributed by atoms with Crippen molar-refractivity contribution in [1.82, 2.24) is 0 Å². The minimum atomic E-state index is 0.484. The third-order valence-corrected chi connectivity index (χ3v) is 7.29. The summed E-state index contributed by atoms with van der Waals surface area (Å²) in [6.07, 6.45) is 0. The van der Waals surface area contributed by atoms with Crippen molar-refractivity contribution >= 4 is 81.7 Å². The SMILES string of the molecule is ClC(=C=C=C(Sc1ccc(Cl)cc1)Sc1ccc(Cl)cc1)Sc1ccc(Cl)cc1. The maximum Gasteiger partial charge on any atom is 0.129 e. The van der Waals surface area contributed by atoms with Crippen LogP contribution in [0.3, 0.4) is 0 Å². The fourth-order valence-electron chi connectivity index (χ4n) is 2.02. The number of thioether (sulfide) groups is 3. The molecule has 0 aliphatic carbocycles. The van der Waals surface area contributed by atoms with Gasteiger partial charge in [0.25, 0.3) is 0 Å². The van der Waals surface area contributed by atoms with Crippen molar-refractivity contribution in [3.8, 4) is 0 Å². The van der Waals surface area contributed by atoms with Crippen LogP contribution in [0.5, 0.6) is 0 Å². The molecular formula is C22H12Cl4S3. The Morgan fingerprint density at radius 3 is 1.24 bits per heavy atom. The van der Waals surface area contributed by atoms with Crippen LogP contribution in [-0.2, 0) is 0 Å². The number of hydrogen-bond acceptors (Lipinski definition) is 3. The van der Waals surface area contributed by atoms with Crippen LogP contribution in [0.15, 0.2) is 108 Å². The Hall–Kier alpha value is -0.830. The van der Waals surface area contributed by atoms with Crippen LogP contribution in [0.4, 0.5) is 0 Å². The van der Waals surface area contributed by atoms with Gasteiger partial charge in [-0.15, -0.1) is 0 Å². The number of hydrogen-bond donors (Lipinski definition) is 0. The molecule has 0 aliphatic heterocycles. The molecule has 146 valence electrons. The molecule has 0 fully saturated rings. The Morgan fingerprint density at radius 1 is 0.517 bits per heavy atom. The van der Waals surface area contributed by atoms with Crippen molar-refractivity contribution in [2.24, 2.45) is 0 Å². The fourth-order valence-corrected chi connectivity index (χ4v) is 5.22. The summed E-state index contributed by atoms with van der Waals surface area (Å²) in [5, 5.41) is 2.08. The van der Waals surface area contributed by atoms with Crippen LogP contribution < -0.4 is 0 Å². The standard InChI is InChI=1S/C22H12Cl4S3/c23-15-1-7-18(8-2-15)27-21(26)13-14-22(28-19-9-3-16(24)4-10-19)29-20-11-5-17(25)6-12-20/h1-12H. The largest absolute Gasteiger partial charge is 0.129 e. The number of benzene rings is 3. The molecule has 0 bridgehead atoms. The molecular weight excluding hydrogens is 502 g/mol. The highest BCUT2D eigenvalue weighted by atomic mass is 35.5. The van der Waals surface area contributed by atoms with Crippen LogP contribution >= 0.6 is 81.7 Å². The summed E-state index contributed by atoms with van der Waals surface area (Å²) in [4.78, 5) is 3.06. The molecule has 7 heteroatoms. The van der Waals surface area contributed by atoms with E-state index in [0.29, 0.717) is 19.4 Å². The summed E-state index contributed by atoms with van der Waals surface area (Å²) in [6, 6.07) is 22.8. The maximum atomic E-state index is 6.35. The molecule has 29 heavy (non-hydrogen) atoms. The topological polar surface area (TPSA) is 0 Å². The summed E-state index contributed by atoms with van der Waals surface area (Å²) >= 11 is 28.8. The highest BCUT2D eigenvalue weighted by Crippen LogP contribution is 2.39. The predicted octanol–water partition coefficient (Wildman–Crippen LogP) is 10.00. The Morgan fingerprint density at radius 2 is 0.862 bits per heavy atom. The van der Waals surface area contributed by atoms with Gasteiger partial charge in [0.05, 0.1) is 0 Å². The van der Waals surface area contributed by atoms with Gasteiger partial charge in [0.1, 0.15) is 8.60 Å². The smallest absolute Gasteiger partial charge is 0.0843 e. The zero-order valence-electron chi connectivity index (χ0n) is 14.7. The third-order valence-electron chi connectivity index (χ3n) is 3.33. The van der Waals surface area contributed by atoms with E-state index in [1.54, 1.807) is 23.5 Å². The molecule has 0 saturated carbocycles. The minimum absolute atomic E-state index is 0.484. The average molecular weight is 514 g/mol. The second-order valence-electron chi connectivity index (χ2n) is 5.48. The lowest BCUT2D eigenvalue weighted by Crippen LogP contribution is -1.75. The monoisotopic (exact) mass is 512 g/mol. The first-order valence-electron chi connectivity index (χ1n) is 8.19. The Bertz CT molecular complexity index is 1010. The lowest BCUT2D eigenvalue weighted by molar-refractivity contribution is 1.46. The van der Waals surface area contributed by atoms with Gasteiger partial charge in [-0.1, -0.05) is 81.7 Å². The highest BCUT2D eigenvalue weighted by molar-refractivity contribution is 8.22. The predicted molar refractivity (Wildman–Crippen MR) is 132 cm³/mol. The van der Waals surface area contributed by atoms with Gasteiger partial charge in [-0.05, 0) is 84.3 Å². The molecule has 3 aromatic rings. The lowest BCUT2D eigenvalue weighted by atomic mass is 10.4. The Balaban J connectivity index is 1.88. The molecule has 0 aromatic heterocycles. The summed E-state index contributed by atoms with van der Waals surface area (Å²) in [7, 11) is 0. The first-order chi connectivity index (χ1) is 14.0. The number of halogens is 4. The van der Waals surface area contributed by atoms with Gasteiger partial charge in [0.2, 0.25) is 0 Å². The molecule has 0 radical (unpaired) electrons. The van der Waals surface area contributed by atoms with Crippen LogP contribution in [0.25, 0.3) is 0 Å². The van der Waals surface area contributed by atoms with E-state index in [-0.39, 0.29) is 0 Å². The fraction of sp³-hybridized carbons (Fsp3) is 0. The van der Waals surface area contributed by atoms with E-state index < -0.39 is 0 Å². The second kappa shape index (κ2) is 11.5. The van der Waals surface area contributed by atoms with E-state index in [1.165, 1.54) is 11.8 Å². The summed E-state index contributed by atoms with van der Waals surface area (Å²) in [6.45, 7) is 0. The van der Waals surface area contributed by atoms with Crippen LogP contribution in [-0.4, -0.2) is 0 Å². The molecule has 3 rings (SSSR count). The third kappa shape index (κ3) is 8.07. The van der Waals surface area contributed by atoms with Crippen molar-refractivity contribution in [1.29, 1.82) is 0 Å². The van der Waals surface area contributed by atoms with E-state index in [0.717, 1.165) is 18.9 Å². The van der Waals surface area contributed by atoms with Crippen LogP contribution in [0, 0.1) is 0 Å². The zero-order valence-corrected chi connectivity index (χ0v) is 20.1. The van der Waals surface area contributed by atoms with E-state index in [2.05, 4.69) is 11.5 Å². The van der Waals surface area contributed by atoms with Crippen LogP contribution in [0.2, 0.25) is 15.1 Å². The first kappa shape index (κ1) is 22.8. The zero-order chi connectivity index (χ0) is 20.6. The van der Waals surface area contributed by atoms with Gasteiger partial charge >= 0.3 is 0 Å². The second-order valence-corrected chi connectivity index (χ2v) is 10.9. The lowest BCUT2D eigenvalue weighted by Gasteiger charge is -2.05. The average Bonchev–Trinajstić information content (AvgIpc) is 2.71. The summed E-state index contributed by atoms with van der Waals surface area (Å²) in [5.74, 6) is 0. The van der Waals surface area contributed by atoms with Crippen molar-refractivity contribution in [2.45, 2.75) is 14.7 Å². The molecule has 0 saturated heterocycles. The summed E-state index contributed by atoms with van der Waals surface area (Å²) in [5.41, 5.74) is 6.23. The number of rotatable bonds is 6. The molecule has 0 unspecified atom stereocenters. The van der Waals surface area contributed by atoms with Crippen molar-refractivity contribution in [3.05, 3.63) is 108 Å². The molecule has 0 spiro atoms. The van der Waals surface area contributed by atoms with Crippen molar-refractivity contribution in [3.63, 3.8) is 0 Å². The van der Waals surface area contributed by atoms with Gasteiger partial charge in [0.15, 0.2) is 0 Å². The van der Waals surface area contributed by atoms with Crippen molar-refractivity contribution in [2.75, 3.05) is 0 Å². The van der Waals surface area contributed by atoms with Gasteiger partial charge in [-0.25, -0.2) is 0 Å². The Kier molecular flexibility index (Phi) is 9.08.